The maximum absolute atomic E-state index is 13.2. The van der Waals surface area contributed by atoms with E-state index in [0.717, 1.165) is 24.5 Å². The molecular formula is C20H23ClFN3O2. The highest BCUT2D eigenvalue weighted by atomic mass is 35.5. The Hall–Kier alpha value is -2.47. The number of urea groups is 1. The van der Waals surface area contributed by atoms with Gasteiger partial charge < -0.3 is 19.9 Å². The standard InChI is InChI=1S/C20H23ClFN3O2/c1-14(2)27-17-6-4-16(5-7-17)24-9-11-25(12-10-24)20(26)23-15-3-8-19(22)18(21)13-15/h3-8,13-14H,9-12H2,1-2H3,(H,23,26). The summed E-state index contributed by atoms with van der Waals surface area (Å²) in [5, 5.41) is 2.75. The van der Waals surface area contributed by atoms with Crippen LogP contribution < -0.4 is 15.0 Å². The topological polar surface area (TPSA) is 44.8 Å². The first kappa shape index (κ1) is 19.3. The lowest BCUT2D eigenvalue weighted by atomic mass is 10.2. The van der Waals surface area contributed by atoms with Gasteiger partial charge in [-0.15, -0.1) is 0 Å². The molecule has 2 aromatic rings. The second-order valence-corrected chi connectivity index (χ2v) is 7.10. The molecule has 1 saturated heterocycles. The highest BCUT2D eigenvalue weighted by molar-refractivity contribution is 6.31. The fraction of sp³-hybridized carbons (Fsp3) is 0.350. The average Bonchev–Trinajstić information content (AvgIpc) is 2.65. The fourth-order valence-corrected chi connectivity index (χ4v) is 3.13. The zero-order chi connectivity index (χ0) is 19.4. The molecule has 3 rings (SSSR count). The lowest BCUT2D eigenvalue weighted by Gasteiger charge is -2.36. The number of halogens is 2. The van der Waals surface area contributed by atoms with Gasteiger partial charge in [-0.1, -0.05) is 11.6 Å². The SMILES string of the molecule is CC(C)Oc1ccc(N2CCN(C(=O)Nc3ccc(F)c(Cl)c3)CC2)cc1. The predicted molar refractivity (Wildman–Crippen MR) is 106 cm³/mol. The Morgan fingerprint density at radius 2 is 1.78 bits per heavy atom. The van der Waals surface area contributed by atoms with Crippen LogP contribution in [0, 0.1) is 5.82 Å². The molecule has 2 aromatic carbocycles. The summed E-state index contributed by atoms with van der Waals surface area (Å²) in [6, 6.07) is 11.9. The number of hydrogen-bond acceptors (Lipinski definition) is 3. The molecule has 0 bridgehead atoms. The van der Waals surface area contributed by atoms with Crippen molar-refractivity contribution in [2.45, 2.75) is 20.0 Å². The monoisotopic (exact) mass is 391 g/mol. The minimum absolute atomic E-state index is 0.0116. The third-order valence-electron chi connectivity index (χ3n) is 4.31. The van der Waals surface area contributed by atoms with Gasteiger partial charge in [0.15, 0.2) is 0 Å². The van der Waals surface area contributed by atoms with Crippen molar-refractivity contribution in [1.29, 1.82) is 0 Å². The van der Waals surface area contributed by atoms with Crippen LogP contribution in [0.15, 0.2) is 42.5 Å². The van der Waals surface area contributed by atoms with Crippen LogP contribution in [0.2, 0.25) is 5.02 Å². The van der Waals surface area contributed by atoms with Crippen molar-refractivity contribution in [3.63, 3.8) is 0 Å². The number of amides is 2. The van der Waals surface area contributed by atoms with Gasteiger partial charge >= 0.3 is 6.03 Å². The summed E-state index contributed by atoms with van der Waals surface area (Å²) in [4.78, 5) is 16.4. The van der Waals surface area contributed by atoms with Gasteiger partial charge in [-0.25, -0.2) is 9.18 Å². The first-order valence-corrected chi connectivity index (χ1v) is 9.33. The molecule has 1 aliphatic heterocycles. The van der Waals surface area contributed by atoms with Gasteiger partial charge in [0.25, 0.3) is 0 Å². The van der Waals surface area contributed by atoms with Gasteiger partial charge in [0.2, 0.25) is 0 Å². The minimum Gasteiger partial charge on any atom is -0.491 e. The molecule has 0 spiro atoms. The van der Waals surface area contributed by atoms with E-state index in [9.17, 15) is 9.18 Å². The highest BCUT2D eigenvalue weighted by Crippen LogP contribution is 2.22. The van der Waals surface area contributed by atoms with E-state index in [2.05, 4.69) is 10.2 Å². The molecule has 1 aliphatic rings. The van der Waals surface area contributed by atoms with E-state index in [4.69, 9.17) is 16.3 Å². The number of hydrogen-bond donors (Lipinski definition) is 1. The third kappa shape index (κ3) is 5.04. The lowest BCUT2D eigenvalue weighted by molar-refractivity contribution is 0.208. The smallest absolute Gasteiger partial charge is 0.321 e. The van der Waals surface area contributed by atoms with E-state index in [1.807, 2.05) is 38.1 Å². The molecule has 1 heterocycles. The van der Waals surface area contributed by atoms with Crippen LogP contribution in [-0.4, -0.2) is 43.2 Å². The van der Waals surface area contributed by atoms with Crippen LogP contribution in [0.3, 0.4) is 0 Å². The molecule has 0 unspecified atom stereocenters. The van der Waals surface area contributed by atoms with E-state index in [-0.39, 0.29) is 17.2 Å². The van der Waals surface area contributed by atoms with Crippen molar-refractivity contribution in [2.75, 3.05) is 36.4 Å². The maximum Gasteiger partial charge on any atom is 0.321 e. The van der Waals surface area contributed by atoms with Gasteiger partial charge in [0, 0.05) is 37.6 Å². The number of carbonyl (C=O) groups excluding carboxylic acids is 1. The molecule has 1 N–H and O–H groups in total. The van der Waals surface area contributed by atoms with E-state index < -0.39 is 5.82 Å². The van der Waals surface area contributed by atoms with Crippen molar-refractivity contribution < 1.29 is 13.9 Å². The Kier molecular flexibility index (Phi) is 6.06. The fourth-order valence-electron chi connectivity index (χ4n) is 2.95. The number of ether oxygens (including phenoxy) is 1. The first-order chi connectivity index (χ1) is 12.9. The van der Waals surface area contributed by atoms with Crippen molar-refractivity contribution in [3.05, 3.63) is 53.3 Å². The minimum atomic E-state index is -0.506. The summed E-state index contributed by atoms with van der Waals surface area (Å²) in [6.45, 7) is 6.68. The Labute approximate surface area is 163 Å². The second-order valence-electron chi connectivity index (χ2n) is 6.69. The average molecular weight is 392 g/mol. The van der Waals surface area contributed by atoms with Crippen LogP contribution in [0.1, 0.15) is 13.8 Å². The molecule has 27 heavy (non-hydrogen) atoms. The normalized spacial score (nSPS) is 14.4. The Morgan fingerprint density at radius 1 is 1.11 bits per heavy atom. The molecular weight excluding hydrogens is 369 g/mol. The summed E-state index contributed by atoms with van der Waals surface area (Å²) in [7, 11) is 0. The molecule has 0 saturated carbocycles. The van der Waals surface area contributed by atoms with Gasteiger partial charge in [0.1, 0.15) is 11.6 Å². The molecule has 5 nitrogen and oxygen atoms in total. The number of carbonyl (C=O) groups is 1. The molecule has 1 fully saturated rings. The summed E-state index contributed by atoms with van der Waals surface area (Å²) in [5.74, 6) is 0.345. The van der Waals surface area contributed by atoms with Crippen molar-refractivity contribution in [2.24, 2.45) is 0 Å². The van der Waals surface area contributed by atoms with Crippen LogP contribution in [-0.2, 0) is 0 Å². The highest BCUT2D eigenvalue weighted by Gasteiger charge is 2.21. The molecule has 0 radical (unpaired) electrons. The third-order valence-corrected chi connectivity index (χ3v) is 4.60. The van der Waals surface area contributed by atoms with Crippen LogP contribution >= 0.6 is 11.6 Å². The number of nitrogens with one attached hydrogen (secondary N) is 1. The van der Waals surface area contributed by atoms with Gasteiger partial charge in [0.05, 0.1) is 11.1 Å². The van der Waals surface area contributed by atoms with Gasteiger partial charge in [-0.05, 0) is 56.3 Å². The molecule has 0 aliphatic carbocycles. The lowest BCUT2D eigenvalue weighted by Crippen LogP contribution is -2.50. The van der Waals surface area contributed by atoms with Crippen LogP contribution in [0.25, 0.3) is 0 Å². The van der Waals surface area contributed by atoms with Gasteiger partial charge in [-0.3, -0.25) is 0 Å². The molecule has 2 amide bonds. The number of piperazine rings is 1. The summed E-state index contributed by atoms with van der Waals surface area (Å²) < 4.78 is 18.9. The van der Waals surface area contributed by atoms with Crippen molar-refractivity contribution in [3.8, 4) is 5.75 Å². The Balaban J connectivity index is 1.53. The molecule has 7 heteroatoms. The van der Waals surface area contributed by atoms with Crippen molar-refractivity contribution in [1.82, 2.24) is 4.90 Å². The zero-order valence-corrected chi connectivity index (χ0v) is 16.2. The van der Waals surface area contributed by atoms with Gasteiger partial charge in [-0.2, -0.15) is 0 Å². The maximum atomic E-state index is 13.2. The number of nitrogens with zero attached hydrogens (tertiary/aromatic N) is 2. The van der Waals surface area contributed by atoms with Crippen LogP contribution in [0.5, 0.6) is 5.75 Å². The first-order valence-electron chi connectivity index (χ1n) is 8.95. The summed E-state index contributed by atoms with van der Waals surface area (Å²) >= 11 is 5.75. The Bertz CT molecular complexity index is 790. The van der Waals surface area contributed by atoms with E-state index in [1.165, 1.54) is 18.2 Å². The number of benzene rings is 2. The molecule has 0 aromatic heterocycles. The summed E-state index contributed by atoms with van der Waals surface area (Å²) in [5.41, 5.74) is 1.59. The van der Waals surface area contributed by atoms with E-state index in [1.54, 1.807) is 4.90 Å². The zero-order valence-electron chi connectivity index (χ0n) is 15.4. The van der Waals surface area contributed by atoms with Crippen molar-refractivity contribution >= 4 is 29.0 Å². The predicted octanol–water partition coefficient (Wildman–Crippen LogP) is 4.62. The van der Waals surface area contributed by atoms with E-state index >= 15 is 0 Å². The quantitative estimate of drug-likeness (QED) is 0.827. The largest absolute Gasteiger partial charge is 0.491 e. The van der Waals surface area contributed by atoms with E-state index in [0.29, 0.717) is 18.8 Å². The second kappa shape index (κ2) is 8.48. The number of anilines is 2. The summed E-state index contributed by atoms with van der Waals surface area (Å²) in [6.07, 6.45) is 0.147. The van der Waals surface area contributed by atoms with Crippen LogP contribution in [0.4, 0.5) is 20.6 Å². The number of rotatable bonds is 4. The Morgan fingerprint density at radius 3 is 2.37 bits per heavy atom. The molecule has 144 valence electrons. The molecule has 0 atom stereocenters.